The summed E-state index contributed by atoms with van der Waals surface area (Å²) in [4.78, 5) is 36.4. The second-order valence-electron chi connectivity index (χ2n) is 10.1. The van der Waals surface area contributed by atoms with Gasteiger partial charge in [0.1, 0.15) is 11.6 Å². The molecule has 0 spiro atoms. The van der Waals surface area contributed by atoms with Crippen molar-refractivity contribution < 1.29 is 15.4 Å². The fraction of sp³-hybridized carbons (Fsp3) is 0.333. The van der Waals surface area contributed by atoms with E-state index in [4.69, 9.17) is 16.9 Å². The van der Waals surface area contributed by atoms with Gasteiger partial charge in [-0.1, -0.05) is 23.7 Å². The highest BCUT2D eigenvalue weighted by Gasteiger charge is 2.30. The third kappa shape index (κ3) is 6.41. The van der Waals surface area contributed by atoms with Crippen molar-refractivity contribution in [3.63, 3.8) is 0 Å². The number of aromatic nitrogens is 1. The Morgan fingerprint density at radius 2 is 1.68 bits per heavy atom. The Morgan fingerprint density at radius 3 is 2.30 bits per heavy atom. The zero-order chi connectivity index (χ0) is 28.1. The number of nitrogens with zero attached hydrogens (tertiary/aromatic N) is 5. The first-order valence-corrected chi connectivity index (χ1v) is 13.8. The maximum atomic E-state index is 13.1. The molecule has 8 nitrogen and oxygen atoms in total. The number of hydrogen-bond acceptors (Lipinski definition) is 6. The van der Waals surface area contributed by atoms with Crippen molar-refractivity contribution in [1.29, 1.82) is 5.26 Å². The number of carbonyl (C=O) groups excluding carboxylic acids is 2. The van der Waals surface area contributed by atoms with E-state index in [2.05, 4.69) is 26.2 Å². The van der Waals surface area contributed by atoms with Crippen LogP contribution in [0.25, 0.3) is 0 Å². The fourth-order valence-corrected chi connectivity index (χ4v) is 5.56. The molecule has 40 heavy (non-hydrogen) atoms. The molecule has 0 unspecified atom stereocenters. The van der Waals surface area contributed by atoms with Crippen LogP contribution in [0.1, 0.15) is 46.1 Å². The summed E-state index contributed by atoms with van der Waals surface area (Å²) in [5.74, 6) is 0.0693. The van der Waals surface area contributed by atoms with Crippen LogP contribution < -0.4 is 10.2 Å². The van der Waals surface area contributed by atoms with Crippen LogP contribution in [-0.4, -0.2) is 71.9 Å². The molecule has 0 aliphatic carbocycles. The summed E-state index contributed by atoms with van der Waals surface area (Å²) in [5.41, 5.74) is 2.33. The monoisotopic (exact) mass is 562 g/mol. The van der Waals surface area contributed by atoms with Gasteiger partial charge < -0.3 is 15.1 Å². The van der Waals surface area contributed by atoms with Crippen LogP contribution >= 0.6 is 11.6 Å². The number of nitrogens with one attached hydrogen (secondary N) is 1. The number of nitriles is 1. The van der Waals surface area contributed by atoms with E-state index in [1.807, 2.05) is 4.90 Å². The largest absolute Gasteiger partial charge is 0.353 e. The van der Waals surface area contributed by atoms with Crippen molar-refractivity contribution in [1.82, 2.24) is 20.1 Å². The zero-order valence-electron chi connectivity index (χ0n) is 22.0. The highest BCUT2D eigenvalue weighted by Crippen LogP contribution is 2.27. The molecular weight excluding hydrogens is 531 g/mol. The first-order chi connectivity index (χ1) is 19.4. The molecule has 2 aromatic carbocycles. The maximum Gasteiger partial charge on any atom is 0.253 e. The Hall–Kier alpha value is -4.00. The van der Waals surface area contributed by atoms with Gasteiger partial charge in [-0.15, -0.1) is 0 Å². The summed E-state index contributed by atoms with van der Waals surface area (Å²) in [7, 11) is 0. The van der Waals surface area contributed by atoms with E-state index < -0.39 is 0 Å². The Balaban J connectivity index is 0.00000387. The van der Waals surface area contributed by atoms with Gasteiger partial charge in [-0.3, -0.25) is 14.5 Å². The van der Waals surface area contributed by atoms with Crippen molar-refractivity contribution in [2.24, 2.45) is 0 Å². The standard InChI is InChI=1S/C30H30ClFN6O2.H2/c31-27-17-24(29(39)35-19-22-3-7-25(32)8-4-22)20-34-28(27)37-15-13-36(14-16-37)26-9-11-38(12-10-26)30(40)23-5-1-21(18-33)2-6-23;/h1-8,17,20,26H,9-16,19H2,(H,35,39);1H. The summed E-state index contributed by atoms with van der Waals surface area (Å²) in [6.07, 6.45) is 3.37. The lowest BCUT2D eigenvalue weighted by molar-refractivity contribution is 0.0610. The molecule has 2 aliphatic rings. The fourth-order valence-electron chi connectivity index (χ4n) is 5.28. The summed E-state index contributed by atoms with van der Waals surface area (Å²) in [5, 5.41) is 12.2. The average Bonchev–Trinajstić information content (AvgIpc) is 3.00. The molecule has 2 amide bonds. The second-order valence-corrected chi connectivity index (χ2v) is 10.5. The van der Waals surface area contributed by atoms with Crippen molar-refractivity contribution >= 4 is 29.2 Å². The van der Waals surface area contributed by atoms with Crippen LogP contribution in [0.4, 0.5) is 10.2 Å². The van der Waals surface area contributed by atoms with Gasteiger partial charge >= 0.3 is 0 Å². The van der Waals surface area contributed by atoms with Crippen LogP contribution in [0.2, 0.25) is 5.02 Å². The minimum atomic E-state index is -0.319. The molecule has 3 aromatic rings. The molecule has 1 aromatic heterocycles. The van der Waals surface area contributed by atoms with Crippen molar-refractivity contribution in [3.8, 4) is 6.07 Å². The van der Waals surface area contributed by atoms with Gasteiger partial charge in [-0.25, -0.2) is 9.37 Å². The Kier molecular flexibility index (Phi) is 8.58. The van der Waals surface area contributed by atoms with Crippen LogP contribution in [-0.2, 0) is 6.54 Å². The molecule has 2 fully saturated rings. The lowest BCUT2D eigenvalue weighted by Gasteiger charge is -2.43. The molecule has 0 radical (unpaired) electrons. The van der Waals surface area contributed by atoms with E-state index >= 15 is 0 Å². The minimum Gasteiger partial charge on any atom is -0.353 e. The van der Waals surface area contributed by atoms with E-state index in [1.165, 1.54) is 18.3 Å². The zero-order valence-corrected chi connectivity index (χ0v) is 22.8. The van der Waals surface area contributed by atoms with E-state index in [1.54, 1.807) is 42.5 Å². The predicted molar refractivity (Wildman–Crippen MR) is 153 cm³/mol. The van der Waals surface area contributed by atoms with Crippen LogP contribution in [0, 0.1) is 17.1 Å². The van der Waals surface area contributed by atoms with E-state index in [0.29, 0.717) is 46.7 Å². The number of halogens is 2. The molecule has 0 atom stereocenters. The lowest BCUT2D eigenvalue weighted by atomic mass is 10.0. The highest BCUT2D eigenvalue weighted by molar-refractivity contribution is 6.33. The van der Waals surface area contributed by atoms with E-state index in [-0.39, 0.29) is 25.6 Å². The van der Waals surface area contributed by atoms with E-state index in [9.17, 15) is 14.0 Å². The Labute approximate surface area is 239 Å². The summed E-state index contributed by atoms with van der Waals surface area (Å²) in [6, 6.07) is 16.9. The number of hydrogen-bond donors (Lipinski definition) is 1. The van der Waals surface area contributed by atoms with Gasteiger partial charge in [0.05, 0.1) is 22.2 Å². The van der Waals surface area contributed by atoms with Gasteiger partial charge in [0, 0.05) is 65.0 Å². The van der Waals surface area contributed by atoms with Gasteiger partial charge in [0.2, 0.25) is 0 Å². The quantitative estimate of drug-likeness (QED) is 0.480. The molecule has 208 valence electrons. The van der Waals surface area contributed by atoms with Crippen molar-refractivity contribution in [2.45, 2.75) is 25.4 Å². The third-order valence-electron chi connectivity index (χ3n) is 7.59. The summed E-state index contributed by atoms with van der Waals surface area (Å²) in [6.45, 7) is 4.98. The van der Waals surface area contributed by atoms with Gasteiger partial charge in [-0.05, 0) is 60.9 Å². The first-order valence-electron chi connectivity index (χ1n) is 13.4. The summed E-state index contributed by atoms with van der Waals surface area (Å²) >= 11 is 6.55. The Morgan fingerprint density at radius 1 is 1.00 bits per heavy atom. The molecule has 10 heteroatoms. The normalized spacial score (nSPS) is 16.4. The van der Waals surface area contributed by atoms with Crippen LogP contribution in [0.3, 0.4) is 0 Å². The predicted octanol–water partition coefficient (Wildman–Crippen LogP) is 4.35. The SMILES string of the molecule is N#Cc1ccc(C(=O)N2CCC(N3CCN(c4ncc(C(=O)NCc5ccc(F)cc5)cc4Cl)CC3)CC2)cc1.[HH]. The average molecular weight is 563 g/mol. The molecular formula is C30H32ClFN6O2. The van der Waals surface area contributed by atoms with Gasteiger partial charge in [0.15, 0.2) is 0 Å². The number of pyridine rings is 1. The lowest BCUT2D eigenvalue weighted by Crippen LogP contribution is -2.54. The number of amides is 2. The van der Waals surface area contributed by atoms with Crippen molar-refractivity contribution in [2.75, 3.05) is 44.2 Å². The first kappa shape index (κ1) is 27.6. The molecule has 5 rings (SSSR count). The molecule has 0 saturated carbocycles. The molecule has 2 aliphatic heterocycles. The molecule has 2 saturated heterocycles. The maximum absolute atomic E-state index is 13.1. The molecule has 3 heterocycles. The number of piperazine rings is 1. The number of benzene rings is 2. The van der Waals surface area contributed by atoms with Gasteiger partial charge in [0.25, 0.3) is 11.8 Å². The second kappa shape index (κ2) is 12.5. The van der Waals surface area contributed by atoms with Crippen LogP contribution in [0.5, 0.6) is 0 Å². The Bertz CT molecular complexity index is 1400. The third-order valence-corrected chi connectivity index (χ3v) is 7.87. The van der Waals surface area contributed by atoms with Crippen LogP contribution in [0.15, 0.2) is 60.8 Å². The number of anilines is 1. The number of likely N-dealkylation sites (tertiary alicyclic amines) is 1. The number of carbonyl (C=O) groups is 2. The summed E-state index contributed by atoms with van der Waals surface area (Å²) < 4.78 is 13.1. The van der Waals surface area contributed by atoms with E-state index in [0.717, 1.165) is 44.6 Å². The highest BCUT2D eigenvalue weighted by atomic mass is 35.5. The molecule has 0 bridgehead atoms. The number of rotatable bonds is 6. The topological polar surface area (TPSA) is 92.6 Å². The van der Waals surface area contributed by atoms with Crippen molar-refractivity contribution in [3.05, 3.63) is 93.9 Å². The molecule has 1 N–H and O–H groups in total. The number of piperidine rings is 1. The minimum absolute atomic E-state index is 0. The van der Waals surface area contributed by atoms with Gasteiger partial charge in [-0.2, -0.15) is 5.26 Å². The smallest absolute Gasteiger partial charge is 0.253 e.